The van der Waals surface area contributed by atoms with E-state index in [0.29, 0.717) is 17.4 Å². The highest BCUT2D eigenvalue weighted by Gasteiger charge is 2.33. The smallest absolute Gasteiger partial charge is 0.258 e. The van der Waals surface area contributed by atoms with Crippen LogP contribution in [0.4, 0.5) is 5.69 Å². The summed E-state index contributed by atoms with van der Waals surface area (Å²) in [5.41, 5.74) is 1.84. The Morgan fingerprint density at radius 1 is 1.00 bits per heavy atom. The van der Waals surface area contributed by atoms with Gasteiger partial charge in [-0.3, -0.25) is 9.59 Å². The number of nitrogens with one attached hydrogen (secondary N) is 2. The van der Waals surface area contributed by atoms with Crippen LogP contribution in [0, 0.1) is 11.8 Å². The molecule has 2 fully saturated rings. The minimum Gasteiger partial charge on any atom is -0.484 e. The van der Waals surface area contributed by atoms with Gasteiger partial charge >= 0.3 is 0 Å². The fourth-order valence-electron chi connectivity index (χ4n) is 3.18. The molecule has 0 bridgehead atoms. The zero-order valence-corrected chi connectivity index (χ0v) is 15.2. The molecule has 0 radical (unpaired) electrons. The van der Waals surface area contributed by atoms with E-state index in [2.05, 4.69) is 22.8 Å². The molecule has 5 nitrogen and oxygen atoms in total. The average molecular weight is 364 g/mol. The van der Waals surface area contributed by atoms with Gasteiger partial charge in [0.2, 0.25) is 5.91 Å². The van der Waals surface area contributed by atoms with Crippen LogP contribution in [0.15, 0.2) is 54.6 Å². The molecule has 0 saturated heterocycles. The summed E-state index contributed by atoms with van der Waals surface area (Å²) in [4.78, 5) is 24.2. The lowest BCUT2D eigenvalue weighted by Crippen LogP contribution is -2.33. The Balaban J connectivity index is 1.31. The highest BCUT2D eigenvalue weighted by Crippen LogP contribution is 2.40. The number of hydrogen-bond acceptors (Lipinski definition) is 3. The molecule has 2 aliphatic rings. The van der Waals surface area contributed by atoms with Gasteiger partial charge in [0.15, 0.2) is 6.61 Å². The van der Waals surface area contributed by atoms with E-state index in [0.717, 1.165) is 31.2 Å². The summed E-state index contributed by atoms with van der Waals surface area (Å²) in [5.74, 6) is 1.15. The first-order chi connectivity index (χ1) is 13.2. The number of carbonyl (C=O) groups is 2. The molecule has 2 saturated carbocycles. The van der Waals surface area contributed by atoms with E-state index in [-0.39, 0.29) is 30.4 Å². The van der Waals surface area contributed by atoms with Gasteiger partial charge in [-0.25, -0.2) is 0 Å². The molecule has 0 aromatic heterocycles. The van der Waals surface area contributed by atoms with Gasteiger partial charge in [-0.2, -0.15) is 0 Å². The van der Waals surface area contributed by atoms with Gasteiger partial charge in [-0.05, 0) is 49.3 Å². The zero-order chi connectivity index (χ0) is 18.6. The van der Waals surface area contributed by atoms with Crippen molar-refractivity contribution in [2.24, 2.45) is 11.8 Å². The third-order valence-corrected chi connectivity index (χ3v) is 4.99. The highest BCUT2D eigenvalue weighted by atomic mass is 16.5. The van der Waals surface area contributed by atoms with E-state index in [4.69, 9.17) is 4.74 Å². The maximum Gasteiger partial charge on any atom is 0.258 e. The van der Waals surface area contributed by atoms with Gasteiger partial charge in [0, 0.05) is 17.7 Å². The van der Waals surface area contributed by atoms with E-state index < -0.39 is 0 Å². The van der Waals surface area contributed by atoms with Crippen molar-refractivity contribution >= 4 is 17.5 Å². The number of rotatable bonds is 8. The Hall–Kier alpha value is -2.82. The summed E-state index contributed by atoms with van der Waals surface area (Å²) in [6, 6.07) is 17.3. The Bertz CT molecular complexity index is 813. The van der Waals surface area contributed by atoms with Gasteiger partial charge in [0.1, 0.15) is 5.75 Å². The first-order valence-corrected chi connectivity index (χ1v) is 9.57. The van der Waals surface area contributed by atoms with Crippen LogP contribution in [0.1, 0.15) is 37.3 Å². The van der Waals surface area contributed by atoms with Gasteiger partial charge < -0.3 is 15.4 Å². The van der Waals surface area contributed by atoms with Gasteiger partial charge in [-0.15, -0.1) is 0 Å². The lowest BCUT2D eigenvalue weighted by Gasteiger charge is -2.19. The molecule has 27 heavy (non-hydrogen) atoms. The molecule has 5 heteroatoms. The Morgan fingerprint density at radius 3 is 2.48 bits per heavy atom. The fraction of sp³-hybridized carbons (Fsp3) is 0.364. The molecule has 0 unspecified atom stereocenters. The summed E-state index contributed by atoms with van der Waals surface area (Å²) in [6.45, 7) is -0.0456. The van der Waals surface area contributed by atoms with Crippen LogP contribution in [0.5, 0.6) is 5.75 Å². The van der Waals surface area contributed by atoms with Crippen LogP contribution in [0.25, 0.3) is 0 Å². The summed E-state index contributed by atoms with van der Waals surface area (Å²) in [5, 5.41) is 5.99. The number of anilines is 1. The molecule has 140 valence electrons. The molecule has 1 atom stereocenters. The predicted octanol–water partition coefficient (Wildman–Crippen LogP) is 3.68. The van der Waals surface area contributed by atoms with Crippen LogP contribution in [-0.2, 0) is 9.59 Å². The third kappa shape index (κ3) is 4.88. The first-order valence-electron chi connectivity index (χ1n) is 9.57. The number of hydrogen-bond donors (Lipinski definition) is 2. The van der Waals surface area contributed by atoms with Crippen molar-refractivity contribution in [1.82, 2.24) is 5.32 Å². The largest absolute Gasteiger partial charge is 0.484 e. The molecule has 2 aromatic rings. The molecular formula is C22H24N2O3. The minimum atomic E-state index is -0.136. The molecule has 2 N–H and O–H groups in total. The maximum absolute atomic E-state index is 12.4. The Labute approximate surface area is 159 Å². The molecule has 2 aromatic carbocycles. The van der Waals surface area contributed by atoms with Crippen LogP contribution < -0.4 is 15.4 Å². The van der Waals surface area contributed by atoms with E-state index in [1.165, 1.54) is 0 Å². The van der Waals surface area contributed by atoms with Gasteiger partial charge in [0.25, 0.3) is 5.91 Å². The van der Waals surface area contributed by atoms with Crippen molar-refractivity contribution in [1.29, 1.82) is 0 Å². The monoisotopic (exact) mass is 364 g/mol. The van der Waals surface area contributed by atoms with E-state index in [1.807, 2.05) is 30.3 Å². The van der Waals surface area contributed by atoms with E-state index in [1.54, 1.807) is 12.1 Å². The molecule has 0 spiro atoms. The lowest BCUT2D eigenvalue weighted by atomic mass is 10.0. The van der Waals surface area contributed by atoms with Gasteiger partial charge in [-0.1, -0.05) is 36.4 Å². The Kier molecular flexibility index (Phi) is 5.10. The van der Waals surface area contributed by atoms with Crippen molar-refractivity contribution in [3.8, 4) is 5.75 Å². The fourth-order valence-corrected chi connectivity index (χ4v) is 3.18. The second-order valence-electron chi connectivity index (χ2n) is 7.37. The quantitative estimate of drug-likeness (QED) is 0.751. The molecule has 0 heterocycles. The molecular weight excluding hydrogens is 340 g/mol. The topological polar surface area (TPSA) is 67.4 Å². The van der Waals surface area contributed by atoms with Crippen LogP contribution >= 0.6 is 0 Å². The van der Waals surface area contributed by atoms with Crippen molar-refractivity contribution < 1.29 is 14.3 Å². The second kappa shape index (κ2) is 7.82. The number of ether oxygens (including phenoxy) is 1. The van der Waals surface area contributed by atoms with Crippen LogP contribution in [0.3, 0.4) is 0 Å². The lowest BCUT2D eigenvalue weighted by molar-refractivity contribution is -0.124. The van der Waals surface area contributed by atoms with Crippen molar-refractivity contribution in [2.45, 2.75) is 31.7 Å². The Morgan fingerprint density at radius 2 is 1.78 bits per heavy atom. The van der Waals surface area contributed by atoms with E-state index >= 15 is 0 Å². The zero-order valence-electron chi connectivity index (χ0n) is 15.2. The second-order valence-corrected chi connectivity index (χ2v) is 7.37. The standard InChI is InChI=1S/C22H24N2O3/c25-20(24-21(16-9-10-16)15-5-2-1-3-6-15)14-27-19-8-4-7-18(13-19)23-22(26)17-11-12-17/h1-8,13,16-17,21H,9-12,14H2,(H,23,26)(H,24,25)/t21-/m1/s1. The summed E-state index contributed by atoms with van der Waals surface area (Å²) in [6.07, 6.45) is 4.21. The average Bonchev–Trinajstić information content (AvgIpc) is 3.58. The number of benzene rings is 2. The van der Waals surface area contributed by atoms with Crippen LogP contribution in [0.2, 0.25) is 0 Å². The maximum atomic E-state index is 12.4. The van der Waals surface area contributed by atoms with Gasteiger partial charge in [0.05, 0.1) is 6.04 Å². The summed E-state index contributed by atoms with van der Waals surface area (Å²) >= 11 is 0. The molecule has 0 aliphatic heterocycles. The molecule has 4 rings (SSSR count). The number of carbonyl (C=O) groups excluding carboxylic acids is 2. The first kappa shape index (κ1) is 17.6. The summed E-state index contributed by atoms with van der Waals surface area (Å²) < 4.78 is 5.64. The summed E-state index contributed by atoms with van der Waals surface area (Å²) in [7, 11) is 0. The van der Waals surface area contributed by atoms with Crippen LogP contribution in [-0.4, -0.2) is 18.4 Å². The van der Waals surface area contributed by atoms with Crippen molar-refractivity contribution in [3.05, 3.63) is 60.2 Å². The molecule has 2 aliphatic carbocycles. The minimum absolute atomic E-state index is 0.0456. The highest BCUT2D eigenvalue weighted by molar-refractivity contribution is 5.94. The van der Waals surface area contributed by atoms with Crippen molar-refractivity contribution in [3.63, 3.8) is 0 Å². The normalized spacial score (nSPS) is 17.0. The van der Waals surface area contributed by atoms with Crippen molar-refractivity contribution in [2.75, 3.05) is 11.9 Å². The molecule has 2 amide bonds. The van der Waals surface area contributed by atoms with E-state index in [9.17, 15) is 9.59 Å². The predicted molar refractivity (Wildman–Crippen MR) is 103 cm³/mol. The number of amides is 2. The SMILES string of the molecule is O=C(COc1cccc(NC(=O)C2CC2)c1)N[C@H](c1ccccc1)C1CC1. The third-order valence-electron chi connectivity index (χ3n) is 4.99.